The summed E-state index contributed by atoms with van der Waals surface area (Å²) in [5.74, 6) is -0.182. The number of amides is 1. The van der Waals surface area contributed by atoms with Crippen LogP contribution in [-0.2, 0) is 16.1 Å². The predicted octanol–water partition coefficient (Wildman–Crippen LogP) is 4.89. The number of halogens is 1. The van der Waals surface area contributed by atoms with Crippen LogP contribution in [0, 0.1) is 20.8 Å². The fourth-order valence-electron chi connectivity index (χ4n) is 3.05. The van der Waals surface area contributed by atoms with Gasteiger partial charge in [0.15, 0.2) is 6.10 Å². The van der Waals surface area contributed by atoms with E-state index in [0.29, 0.717) is 22.8 Å². The van der Waals surface area contributed by atoms with E-state index in [2.05, 4.69) is 5.32 Å². The molecule has 0 spiro atoms. The quantitative estimate of drug-likeness (QED) is 0.582. The number of aryl methyl sites for hydroxylation is 2. The first-order valence-corrected chi connectivity index (χ1v) is 9.61. The highest BCUT2D eigenvalue weighted by molar-refractivity contribution is 6.31. The monoisotopic (exact) mass is 414 g/mol. The van der Waals surface area contributed by atoms with Gasteiger partial charge in [0.1, 0.15) is 5.76 Å². The van der Waals surface area contributed by atoms with Gasteiger partial charge in [-0.1, -0.05) is 17.7 Å². The van der Waals surface area contributed by atoms with Gasteiger partial charge in [-0.2, -0.15) is 0 Å². The van der Waals surface area contributed by atoms with Crippen LogP contribution in [-0.4, -0.2) is 22.5 Å². The van der Waals surface area contributed by atoms with Gasteiger partial charge in [-0.25, -0.2) is 4.79 Å². The Morgan fingerprint density at radius 3 is 2.66 bits per heavy atom. The van der Waals surface area contributed by atoms with Crippen LogP contribution in [0.5, 0.6) is 0 Å². The van der Waals surface area contributed by atoms with Crippen LogP contribution in [0.4, 0.5) is 5.69 Å². The van der Waals surface area contributed by atoms with Crippen molar-refractivity contribution in [2.45, 2.75) is 40.3 Å². The number of aromatic nitrogens is 1. The molecule has 2 aromatic heterocycles. The Bertz CT molecular complexity index is 1040. The Morgan fingerprint density at radius 1 is 1.21 bits per heavy atom. The Morgan fingerprint density at radius 2 is 1.97 bits per heavy atom. The third kappa shape index (κ3) is 4.71. The van der Waals surface area contributed by atoms with E-state index in [4.69, 9.17) is 20.8 Å². The van der Waals surface area contributed by atoms with Crippen LogP contribution in [0.3, 0.4) is 0 Å². The number of carbonyl (C=O) groups is 2. The number of ether oxygens (including phenoxy) is 1. The van der Waals surface area contributed by atoms with Gasteiger partial charge in [0.05, 0.1) is 18.4 Å². The van der Waals surface area contributed by atoms with Crippen LogP contribution in [0.15, 0.2) is 47.1 Å². The number of rotatable bonds is 6. The second-order valence-electron chi connectivity index (χ2n) is 6.95. The number of carbonyl (C=O) groups excluding carboxylic acids is 2. The zero-order valence-corrected chi connectivity index (χ0v) is 17.5. The Labute approximate surface area is 174 Å². The lowest BCUT2D eigenvalue weighted by Crippen LogP contribution is -2.30. The molecule has 3 rings (SSSR count). The van der Waals surface area contributed by atoms with Gasteiger partial charge in [-0.3, -0.25) is 4.79 Å². The number of anilines is 1. The molecule has 29 heavy (non-hydrogen) atoms. The maximum Gasteiger partial charge on any atom is 0.340 e. The SMILES string of the molecule is Cc1ccc(Cl)cc1NC(=O)[C@H](C)OC(=O)c1cc(C)n(Cc2ccco2)c1C. The van der Waals surface area contributed by atoms with E-state index < -0.39 is 18.0 Å². The number of nitrogens with zero attached hydrogens (tertiary/aromatic N) is 1. The van der Waals surface area contributed by atoms with E-state index >= 15 is 0 Å². The van der Waals surface area contributed by atoms with Crippen LogP contribution in [0.1, 0.15) is 40.0 Å². The average Bonchev–Trinajstić information content (AvgIpc) is 3.28. The summed E-state index contributed by atoms with van der Waals surface area (Å²) in [6, 6.07) is 10.7. The molecule has 6 nitrogen and oxygen atoms in total. The van der Waals surface area contributed by atoms with Gasteiger partial charge >= 0.3 is 5.97 Å². The van der Waals surface area contributed by atoms with Crippen molar-refractivity contribution in [3.63, 3.8) is 0 Å². The molecule has 3 aromatic rings. The van der Waals surface area contributed by atoms with Crippen LogP contribution >= 0.6 is 11.6 Å². The Hall–Kier alpha value is -2.99. The molecule has 1 atom stereocenters. The first-order chi connectivity index (χ1) is 13.8. The Kier molecular flexibility index (Phi) is 6.13. The third-order valence-corrected chi connectivity index (χ3v) is 5.03. The molecule has 1 aromatic carbocycles. The number of nitrogens with one attached hydrogen (secondary N) is 1. The Balaban J connectivity index is 1.69. The number of furan rings is 1. The molecule has 0 bridgehead atoms. The second-order valence-corrected chi connectivity index (χ2v) is 7.38. The fraction of sp³-hybridized carbons (Fsp3) is 0.273. The highest BCUT2D eigenvalue weighted by Crippen LogP contribution is 2.22. The average molecular weight is 415 g/mol. The van der Waals surface area contributed by atoms with Gasteiger partial charge < -0.3 is 19.0 Å². The minimum absolute atomic E-state index is 0.423. The molecule has 0 saturated heterocycles. The molecule has 1 N–H and O–H groups in total. The molecule has 7 heteroatoms. The highest BCUT2D eigenvalue weighted by atomic mass is 35.5. The first-order valence-electron chi connectivity index (χ1n) is 9.23. The van der Waals surface area contributed by atoms with Crippen LogP contribution in [0.25, 0.3) is 0 Å². The highest BCUT2D eigenvalue weighted by Gasteiger charge is 2.23. The standard InChI is InChI=1S/C22H23ClN2O4/c1-13-7-8-17(23)11-20(13)24-21(26)16(4)29-22(27)19-10-14(2)25(15(19)3)12-18-6-5-9-28-18/h5-11,16H,12H2,1-4H3,(H,24,26)/t16-/m0/s1. The molecule has 152 valence electrons. The van der Waals surface area contributed by atoms with Gasteiger partial charge in [-0.15, -0.1) is 0 Å². The van der Waals surface area contributed by atoms with E-state index in [0.717, 1.165) is 22.7 Å². The molecule has 0 aliphatic heterocycles. The maximum atomic E-state index is 12.7. The molecular formula is C22H23ClN2O4. The lowest BCUT2D eigenvalue weighted by atomic mass is 10.2. The third-order valence-electron chi connectivity index (χ3n) is 4.80. The first kappa shape index (κ1) is 20.7. The summed E-state index contributed by atoms with van der Waals surface area (Å²) >= 11 is 5.98. The summed E-state index contributed by atoms with van der Waals surface area (Å²) in [5, 5.41) is 3.26. The number of benzene rings is 1. The fourth-order valence-corrected chi connectivity index (χ4v) is 3.22. The van der Waals surface area contributed by atoms with Crippen molar-refractivity contribution < 1.29 is 18.7 Å². The van der Waals surface area contributed by atoms with E-state index in [-0.39, 0.29) is 0 Å². The zero-order valence-electron chi connectivity index (χ0n) is 16.8. The number of esters is 1. The smallest absolute Gasteiger partial charge is 0.340 e. The summed E-state index contributed by atoms with van der Waals surface area (Å²) in [4.78, 5) is 25.1. The summed E-state index contributed by atoms with van der Waals surface area (Å²) in [6.07, 6.45) is 0.648. The molecule has 0 fully saturated rings. The van der Waals surface area contributed by atoms with Crippen molar-refractivity contribution in [1.29, 1.82) is 0 Å². The summed E-state index contributed by atoms with van der Waals surface area (Å²) in [6.45, 7) is 7.66. The molecule has 2 heterocycles. The molecule has 0 aliphatic carbocycles. The van der Waals surface area contributed by atoms with Crippen molar-refractivity contribution in [3.05, 3.63) is 76.0 Å². The number of hydrogen-bond acceptors (Lipinski definition) is 4. The van der Waals surface area contributed by atoms with Crippen molar-refractivity contribution in [3.8, 4) is 0 Å². The predicted molar refractivity (Wildman–Crippen MR) is 111 cm³/mol. The topological polar surface area (TPSA) is 73.5 Å². The summed E-state index contributed by atoms with van der Waals surface area (Å²) < 4.78 is 12.8. The normalized spacial score (nSPS) is 11.9. The number of hydrogen-bond donors (Lipinski definition) is 1. The van der Waals surface area contributed by atoms with E-state index in [9.17, 15) is 9.59 Å². The zero-order chi connectivity index (χ0) is 21.1. The van der Waals surface area contributed by atoms with Gasteiger partial charge in [0.2, 0.25) is 0 Å². The summed E-state index contributed by atoms with van der Waals surface area (Å²) in [5.41, 5.74) is 3.53. The van der Waals surface area contributed by atoms with Crippen molar-refractivity contribution >= 4 is 29.2 Å². The van der Waals surface area contributed by atoms with Crippen molar-refractivity contribution in [2.24, 2.45) is 0 Å². The van der Waals surface area contributed by atoms with Crippen molar-refractivity contribution in [2.75, 3.05) is 5.32 Å². The van der Waals surface area contributed by atoms with Crippen molar-refractivity contribution in [1.82, 2.24) is 4.57 Å². The lowest BCUT2D eigenvalue weighted by Gasteiger charge is -2.15. The van der Waals surface area contributed by atoms with E-state index in [1.807, 2.05) is 43.5 Å². The van der Waals surface area contributed by atoms with Gasteiger partial charge in [0, 0.05) is 22.1 Å². The van der Waals surface area contributed by atoms with Crippen LogP contribution in [0.2, 0.25) is 5.02 Å². The molecule has 0 saturated carbocycles. The molecule has 0 unspecified atom stereocenters. The minimum atomic E-state index is -0.964. The van der Waals surface area contributed by atoms with Gasteiger partial charge in [0.25, 0.3) is 5.91 Å². The lowest BCUT2D eigenvalue weighted by molar-refractivity contribution is -0.123. The van der Waals surface area contributed by atoms with Gasteiger partial charge in [-0.05, 0) is 63.6 Å². The molecule has 0 radical (unpaired) electrons. The van der Waals surface area contributed by atoms with E-state index in [1.54, 1.807) is 24.5 Å². The molecule has 1 amide bonds. The molecular weight excluding hydrogens is 392 g/mol. The van der Waals surface area contributed by atoms with E-state index in [1.165, 1.54) is 6.92 Å². The molecule has 0 aliphatic rings. The summed E-state index contributed by atoms with van der Waals surface area (Å²) in [7, 11) is 0. The largest absolute Gasteiger partial charge is 0.467 e. The van der Waals surface area contributed by atoms with Crippen LogP contribution < -0.4 is 5.32 Å². The maximum absolute atomic E-state index is 12.7. The second kappa shape index (κ2) is 8.57. The minimum Gasteiger partial charge on any atom is -0.467 e.